The third-order valence-electron chi connectivity index (χ3n) is 7.31. The average Bonchev–Trinajstić information content (AvgIpc) is 3.02. The van der Waals surface area contributed by atoms with Crippen molar-refractivity contribution in [3.8, 4) is 39.5 Å². The van der Waals surface area contributed by atoms with E-state index in [2.05, 4.69) is 12.2 Å². The summed E-state index contributed by atoms with van der Waals surface area (Å²) in [5.41, 5.74) is 3.26. The molecule has 0 saturated heterocycles. The molecule has 3 rings (SSSR count). The van der Waals surface area contributed by atoms with Gasteiger partial charge in [-0.1, -0.05) is 89.0 Å². The van der Waals surface area contributed by atoms with Crippen LogP contribution in [-0.2, 0) is 4.79 Å². The van der Waals surface area contributed by atoms with Gasteiger partial charge in [0.25, 0.3) is 5.91 Å². The Morgan fingerprint density at radius 2 is 1.14 bits per heavy atom. The zero-order chi connectivity index (χ0) is 30.2. The van der Waals surface area contributed by atoms with Crippen molar-refractivity contribution in [1.82, 2.24) is 5.32 Å². The zero-order valence-corrected chi connectivity index (χ0v) is 25.2. The van der Waals surface area contributed by atoms with Gasteiger partial charge < -0.3 is 24.6 Å². The number of rotatable bonds is 19. The Morgan fingerprint density at radius 1 is 0.690 bits per heavy atom. The van der Waals surface area contributed by atoms with E-state index < -0.39 is 12.6 Å². The summed E-state index contributed by atoms with van der Waals surface area (Å²) in [7, 11) is 3.19. The van der Waals surface area contributed by atoms with Crippen molar-refractivity contribution in [2.24, 2.45) is 0 Å². The molecule has 0 unspecified atom stereocenters. The van der Waals surface area contributed by atoms with Gasteiger partial charge in [-0.3, -0.25) is 4.79 Å². The van der Waals surface area contributed by atoms with Gasteiger partial charge in [-0.25, -0.2) is 4.79 Å². The highest BCUT2D eigenvalue weighted by Crippen LogP contribution is 2.41. The third-order valence-corrected chi connectivity index (χ3v) is 7.31. The lowest BCUT2D eigenvalue weighted by molar-refractivity contribution is -0.139. The number of carboxylic acid groups (broad SMARTS) is 1. The van der Waals surface area contributed by atoms with Crippen molar-refractivity contribution >= 4 is 11.9 Å². The highest BCUT2D eigenvalue weighted by Gasteiger charge is 2.20. The number of benzene rings is 3. The van der Waals surface area contributed by atoms with Gasteiger partial charge in [0.05, 0.1) is 14.2 Å². The first-order chi connectivity index (χ1) is 20.5. The van der Waals surface area contributed by atoms with E-state index in [1.165, 1.54) is 51.4 Å². The van der Waals surface area contributed by atoms with Crippen LogP contribution < -0.4 is 19.5 Å². The molecule has 0 aromatic heterocycles. The molecule has 0 saturated carbocycles. The highest BCUT2D eigenvalue weighted by molar-refractivity contribution is 5.99. The molecule has 0 aliphatic heterocycles. The van der Waals surface area contributed by atoms with E-state index in [0.29, 0.717) is 40.5 Å². The lowest BCUT2D eigenvalue weighted by Crippen LogP contribution is -2.24. The SMILES string of the molecule is CCCCCCCCCCCCNC(=O)c1cc(-c2ccc(OC)cc2)c(OCC(=O)O)c(-c2ccc(OC)cc2)c1. The fraction of sp³-hybridized carbons (Fsp3) is 0.429. The van der Waals surface area contributed by atoms with Crippen molar-refractivity contribution < 1.29 is 28.9 Å². The Kier molecular flexibility index (Phi) is 13.7. The molecule has 0 heterocycles. The Labute approximate surface area is 250 Å². The molecule has 0 spiro atoms. The summed E-state index contributed by atoms with van der Waals surface area (Å²) in [4.78, 5) is 24.8. The maximum absolute atomic E-state index is 13.4. The van der Waals surface area contributed by atoms with Crippen LogP contribution in [0.25, 0.3) is 22.3 Å². The van der Waals surface area contributed by atoms with E-state index in [1.54, 1.807) is 26.4 Å². The summed E-state index contributed by atoms with van der Waals surface area (Å²) in [5, 5.41) is 12.5. The summed E-state index contributed by atoms with van der Waals surface area (Å²) in [6.45, 7) is 2.32. The number of amides is 1. The predicted octanol–water partition coefficient (Wildman–Crippen LogP) is 8.15. The number of aliphatic carboxylic acids is 1. The van der Waals surface area contributed by atoms with Crippen LogP contribution in [0.2, 0.25) is 0 Å². The largest absolute Gasteiger partial charge is 0.497 e. The summed E-state index contributed by atoms with van der Waals surface area (Å²) in [6, 6.07) is 18.3. The molecule has 7 heteroatoms. The first-order valence-corrected chi connectivity index (χ1v) is 15.1. The molecule has 3 aromatic rings. The predicted molar refractivity (Wildman–Crippen MR) is 168 cm³/mol. The molecular formula is C35H45NO6. The van der Waals surface area contributed by atoms with E-state index >= 15 is 0 Å². The van der Waals surface area contributed by atoms with Gasteiger partial charge in [0.2, 0.25) is 0 Å². The van der Waals surface area contributed by atoms with Gasteiger partial charge in [0, 0.05) is 23.2 Å². The standard InChI is InChI=1S/C35H45NO6/c1-4-5-6-7-8-9-10-11-12-13-22-36-35(39)28-23-31(26-14-18-29(40-2)19-15-26)34(42-25-33(37)38)32(24-28)27-16-20-30(41-3)21-17-27/h14-21,23-24H,4-13,22,25H2,1-3H3,(H,36,39)(H,37,38). The van der Waals surface area contributed by atoms with Crippen LogP contribution in [0.3, 0.4) is 0 Å². The van der Waals surface area contributed by atoms with Crippen LogP contribution in [0.5, 0.6) is 17.2 Å². The second-order valence-corrected chi connectivity index (χ2v) is 10.5. The Hall–Kier alpha value is -4.00. The molecule has 42 heavy (non-hydrogen) atoms. The lowest BCUT2D eigenvalue weighted by Gasteiger charge is -2.18. The van der Waals surface area contributed by atoms with Crippen molar-refractivity contribution in [2.75, 3.05) is 27.4 Å². The van der Waals surface area contributed by atoms with Gasteiger partial charge in [0.15, 0.2) is 6.61 Å². The number of hydrogen-bond acceptors (Lipinski definition) is 5. The molecule has 226 valence electrons. The molecule has 0 atom stereocenters. The van der Waals surface area contributed by atoms with Crippen LogP contribution in [0.15, 0.2) is 60.7 Å². The molecule has 2 N–H and O–H groups in total. The van der Waals surface area contributed by atoms with Gasteiger partial charge in [0.1, 0.15) is 17.2 Å². The molecule has 3 aromatic carbocycles. The quantitative estimate of drug-likeness (QED) is 0.140. The van der Waals surface area contributed by atoms with Crippen molar-refractivity contribution in [2.45, 2.75) is 71.1 Å². The summed E-state index contributed by atoms with van der Waals surface area (Å²) < 4.78 is 16.5. The second kappa shape index (κ2) is 17.7. The lowest BCUT2D eigenvalue weighted by atomic mass is 9.94. The van der Waals surface area contributed by atoms with Crippen LogP contribution >= 0.6 is 0 Å². The zero-order valence-electron chi connectivity index (χ0n) is 25.2. The number of carboxylic acids is 1. The normalized spacial score (nSPS) is 10.7. The Bertz CT molecular complexity index is 1180. The number of nitrogens with one attached hydrogen (secondary N) is 1. The number of carbonyl (C=O) groups excluding carboxylic acids is 1. The molecule has 0 radical (unpaired) electrons. The van der Waals surface area contributed by atoms with Gasteiger partial charge in [-0.2, -0.15) is 0 Å². The fourth-order valence-electron chi connectivity index (χ4n) is 4.94. The maximum atomic E-state index is 13.4. The summed E-state index contributed by atoms with van der Waals surface area (Å²) >= 11 is 0. The van der Waals surface area contributed by atoms with Crippen molar-refractivity contribution in [1.29, 1.82) is 0 Å². The van der Waals surface area contributed by atoms with Gasteiger partial charge >= 0.3 is 5.97 Å². The minimum Gasteiger partial charge on any atom is -0.497 e. The van der Waals surface area contributed by atoms with E-state index in [0.717, 1.165) is 24.0 Å². The van der Waals surface area contributed by atoms with E-state index in [9.17, 15) is 14.7 Å². The molecule has 0 aliphatic rings. The molecule has 0 bridgehead atoms. The van der Waals surface area contributed by atoms with E-state index in [1.807, 2.05) is 48.5 Å². The molecule has 0 fully saturated rings. The fourth-order valence-corrected chi connectivity index (χ4v) is 4.94. The maximum Gasteiger partial charge on any atom is 0.341 e. The summed E-state index contributed by atoms with van der Waals surface area (Å²) in [5.74, 6) is 0.494. The second-order valence-electron chi connectivity index (χ2n) is 10.5. The van der Waals surface area contributed by atoms with Crippen LogP contribution in [0.4, 0.5) is 0 Å². The number of ether oxygens (including phenoxy) is 3. The minimum atomic E-state index is -1.09. The van der Waals surface area contributed by atoms with Crippen molar-refractivity contribution in [3.05, 3.63) is 66.2 Å². The number of hydrogen-bond donors (Lipinski definition) is 2. The highest BCUT2D eigenvalue weighted by atomic mass is 16.5. The monoisotopic (exact) mass is 575 g/mol. The van der Waals surface area contributed by atoms with E-state index in [-0.39, 0.29) is 5.91 Å². The van der Waals surface area contributed by atoms with Gasteiger partial charge in [-0.05, 0) is 53.9 Å². The summed E-state index contributed by atoms with van der Waals surface area (Å²) in [6.07, 6.45) is 12.3. The Balaban J connectivity index is 1.80. The number of unbranched alkanes of at least 4 members (excludes halogenated alkanes) is 9. The van der Waals surface area contributed by atoms with Crippen LogP contribution in [0, 0.1) is 0 Å². The first-order valence-electron chi connectivity index (χ1n) is 15.1. The minimum absolute atomic E-state index is 0.180. The van der Waals surface area contributed by atoms with E-state index in [4.69, 9.17) is 14.2 Å². The first kappa shape index (κ1) is 32.5. The van der Waals surface area contributed by atoms with Gasteiger partial charge in [-0.15, -0.1) is 0 Å². The average molecular weight is 576 g/mol. The van der Waals surface area contributed by atoms with Crippen molar-refractivity contribution in [3.63, 3.8) is 0 Å². The van der Waals surface area contributed by atoms with Crippen LogP contribution in [-0.4, -0.2) is 44.4 Å². The van der Waals surface area contributed by atoms with Crippen LogP contribution in [0.1, 0.15) is 81.5 Å². The topological polar surface area (TPSA) is 94.1 Å². The third kappa shape index (κ3) is 10.1. The molecule has 0 aliphatic carbocycles. The molecular weight excluding hydrogens is 530 g/mol. The number of methoxy groups -OCH3 is 2. The molecule has 7 nitrogen and oxygen atoms in total. The smallest absolute Gasteiger partial charge is 0.341 e. The molecule has 1 amide bonds. The Morgan fingerprint density at radius 3 is 1.57 bits per heavy atom. The number of carbonyl (C=O) groups is 2.